The summed E-state index contributed by atoms with van der Waals surface area (Å²) in [7, 11) is 1.61. The molecule has 1 unspecified atom stereocenters. The zero-order valence-electron chi connectivity index (χ0n) is 10.2. The summed E-state index contributed by atoms with van der Waals surface area (Å²) >= 11 is 0. The highest BCUT2D eigenvalue weighted by atomic mass is 16.5. The fraction of sp³-hybridized carbons (Fsp3) is 0.538. The van der Waals surface area contributed by atoms with E-state index in [1.165, 1.54) is 12.8 Å². The largest absolute Gasteiger partial charge is 0.496 e. The van der Waals surface area contributed by atoms with Gasteiger partial charge in [0.25, 0.3) is 0 Å². The second-order valence-corrected chi connectivity index (χ2v) is 4.37. The minimum atomic E-state index is -0.660. The van der Waals surface area contributed by atoms with Gasteiger partial charge in [-0.2, -0.15) is 0 Å². The van der Waals surface area contributed by atoms with Crippen LogP contribution in [0.15, 0.2) is 18.2 Å². The summed E-state index contributed by atoms with van der Waals surface area (Å²) in [5.74, 6) is 0.700. The first-order chi connectivity index (χ1) is 8.26. The van der Waals surface area contributed by atoms with Gasteiger partial charge in [-0.25, -0.2) is 0 Å². The molecule has 0 radical (unpaired) electrons. The smallest absolute Gasteiger partial charge is 0.124 e. The van der Waals surface area contributed by atoms with Crippen molar-refractivity contribution in [2.24, 2.45) is 5.73 Å². The highest BCUT2D eigenvalue weighted by Gasteiger charge is 2.17. The number of methoxy groups -OCH3 is 1. The van der Waals surface area contributed by atoms with E-state index in [0.717, 1.165) is 24.3 Å². The third-order valence-corrected chi connectivity index (χ3v) is 3.27. The molecule has 1 aliphatic heterocycles. The molecule has 1 aromatic carbocycles. The van der Waals surface area contributed by atoms with E-state index in [0.29, 0.717) is 5.75 Å². The summed E-state index contributed by atoms with van der Waals surface area (Å²) in [6, 6.07) is 5.93. The van der Waals surface area contributed by atoms with E-state index >= 15 is 0 Å². The zero-order valence-corrected chi connectivity index (χ0v) is 10.2. The van der Waals surface area contributed by atoms with Gasteiger partial charge in [-0.1, -0.05) is 0 Å². The van der Waals surface area contributed by atoms with Gasteiger partial charge >= 0.3 is 0 Å². The lowest BCUT2D eigenvalue weighted by molar-refractivity contribution is 0.182. The number of nitrogens with zero attached hydrogens (tertiary/aromatic N) is 1. The van der Waals surface area contributed by atoms with Gasteiger partial charge in [-0.05, 0) is 31.0 Å². The van der Waals surface area contributed by atoms with Gasteiger partial charge in [-0.3, -0.25) is 0 Å². The van der Waals surface area contributed by atoms with Gasteiger partial charge in [0.15, 0.2) is 0 Å². The lowest BCUT2D eigenvalue weighted by atomic mass is 10.1. The van der Waals surface area contributed by atoms with Crippen LogP contribution in [0.3, 0.4) is 0 Å². The van der Waals surface area contributed by atoms with Crippen LogP contribution in [0.5, 0.6) is 5.75 Å². The van der Waals surface area contributed by atoms with Crippen LogP contribution in [-0.4, -0.2) is 31.9 Å². The van der Waals surface area contributed by atoms with Crippen LogP contribution in [0.1, 0.15) is 24.5 Å². The first-order valence-corrected chi connectivity index (χ1v) is 6.07. The average molecular weight is 236 g/mol. The third kappa shape index (κ3) is 2.53. The molecule has 1 saturated heterocycles. The van der Waals surface area contributed by atoms with Crippen molar-refractivity contribution in [2.75, 3.05) is 31.6 Å². The van der Waals surface area contributed by atoms with Crippen molar-refractivity contribution in [1.29, 1.82) is 0 Å². The average Bonchev–Trinajstić information content (AvgIpc) is 2.91. The molecule has 4 heteroatoms. The van der Waals surface area contributed by atoms with Crippen molar-refractivity contribution >= 4 is 5.69 Å². The highest BCUT2D eigenvalue weighted by Crippen LogP contribution is 2.30. The third-order valence-electron chi connectivity index (χ3n) is 3.27. The molecule has 0 amide bonds. The molecule has 1 atom stereocenters. The number of hydrogen-bond acceptors (Lipinski definition) is 4. The standard InChI is InChI=1S/C13H20N2O2/c1-17-13-5-4-10(15-6-2-3-7-15)8-11(13)12(16)9-14/h4-5,8,12,16H,2-3,6-7,9,14H2,1H3. The maximum atomic E-state index is 9.88. The number of aliphatic hydroxyl groups is 1. The monoisotopic (exact) mass is 236 g/mol. The molecule has 4 nitrogen and oxygen atoms in total. The van der Waals surface area contributed by atoms with Crippen molar-refractivity contribution in [3.05, 3.63) is 23.8 Å². The SMILES string of the molecule is COc1ccc(N2CCCC2)cc1C(O)CN. The van der Waals surface area contributed by atoms with Gasteiger partial charge in [0, 0.05) is 30.9 Å². The minimum absolute atomic E-state index is 0.208. The Balaban J connectivity index is 2.30. The summed E-state index contributed by atoms with van der Waals surface area (Å²) in [5, 5.41) is 9.88. The number of benzene rings is 1. The van der Waals surface area contributed by atoms with Gasteiger partial charge in [0.2, 0.25) is 0 Å². The molecule has 0 spiro atoms. The number of aliphatic hydroxyl groups excluding tert-OH is 1. The molecule has 0 aliphatic carbocycles. The maximum absolute atomic E-state index is 9.88. The molecule has 2 rings (SSSR count). The van der Waals surface area contributed by atoms with E-state index in [2.05, 4.69) is 4.90 Å². The van der Waals surface area contributed by atoms with Crippen LogP contribution >= 0.6 is 0 Å². The molecule has 1 fully saturated rings. The molecular weight excluding hydrogens is 216 g/mol. The van der Waals surface area contributed by atoms with Crippen LogP contribution < -0.4 is 15.4 Å². The first-order valence-electron chi connectivity index (χ1n) is 6.07. The number of ether oxygens (including phenoxy) is 1. The zero-order chi connectivity index (χ0) is 12.3. The second kappa shape index (κ2) is 5.38. The van der Waals surface area contributed by atoms with Crippen molar-refractivity contribution in [2.45, 2.75) is 18.9 Å². The van der Waals surface area contributed by atoms with E-state index in [-0.39, 0.29) is 6.54 Å². The number of anilines is 1. The van der Waals surface area contributed by atoms with Crippen molar-refractivity contribution in [1.82, 2.24) is 0 Å². The molecule has 17 heavy (non-hydrogen) atoms. The molecule has 1 aromatic rings. The van der Waals surface area contributed by atoms with Crippen LogP contribution in [0, 0.1) is 0 Å². The first kappa shape index (κ1) is 12.2. The summed E-state index contributed by atoms with van der Waals surface area (Å²) in [6.07, 6.45) is 1.81. The van der Waals surface area contributed by atoms with Crippen LogP contribution in [0.2, 0.25) is 0 Å². The number of rotatable bonds is 4. The van der Waals surface area contributed by atoms with E-state index in [1.54, 1.807) is 7.11 Å². The predicted molar refractivity (Wildman–Crippen MR) is 68.5 cm³/mol. The molecule has 1 aliphatic rings. The van der Waals surface area contributed by atoms with Crippen LogP contribution in [0.25, 0.3) is 0 Å². The molecule has 94 valence electrons. The number of nitrogens with two attached hydrogens (primary N) is 1. The van der Waals surface area contributed by atoms with Gasteiger partial charge in [0.05, 0.1) is 13.2 Å². The molecule has 3 N–H and O–H groups in total. The minimum Gasteiger partial charge on any atom is -0.496 e. The molecular formula is C13H20N2O2. The van der Waals surface area contributed by atoms with Crippen LogP contribution in [-0.2, 0) is 0 Å². The van der Waals surface area contributed by atoms with E-state index in [1.807, 2.05) is 18.2 Å². The maximum Gasteiger partial charge on any atom is 0.124 e. The van der Waals surface area contributed by atoms with Crippen molar-refractivity contribution < 1.29 is 9.84 Å². The predicted octanol–water partition coefficient (Wildman–Crippen LogP) is 1.29. The Hall–Kier alpha value is -1.26. The summed E-state index contributed by atoms with van der Waals surface area (Å²) in [5.41, 5.74) is 7.43. The molecule has 0 bridgehead atoms. The Bertz CT molecular complexity index is 376. The summed E-state index contributed by atoms with van der Waals surface area (Å²) < 4.78 is 5.25. The number of hydrogen-bond donors (Lipinski definition) is 2. The van der Waals surface area contributed by atoms with E-state index in [9.17, 15) is 5.11 Å². The Morgan fingerprint density at radius 1 is 1.41 bits per heavy atom. The Morgan fingerprint density at radius 2 is 2.12 bits per heavy atom. The lowest BCUT2D eigenvalue weighted by Gasteiger charge is -2.21. The van der Waals surface area contributed by atoms with Gasteiger partial charge in [0.1, 0.15) is 5.75 Å². The Morgan fingerprint density at radius 3 is 2.71 bits per heavy atom. The van der Waals surface area contributed by atoms with Crippen LogP contribution in [0.4, 0.5) is 5.69 Å². The Labute approximate surface area is 102 Å². The van der Waals surface area contributed by atoms with E-state index < -0.39 is 6.10 Å². The topological polar surface area (TPSA) is 58.7 Å². The Kier molecular flexibility index (Phi) is 3.86. The van der Waals surface area contributed by atoms with Gasteiger partial charge in [-0.15, -0.1) is 0 Å². The quantitative estimate of drug-likeness (QED) is 0.827. The molecule has 1 heterocycles. The normalized spacial score (nSPS) is 17.2. The van der Waals surface area contributed by atoms with Crippen molar-refractivity contribution in [3.8, 4) is 5.75 Å². The summed E-state index contributed by atoms with van der Waals surface area (Å²) in [4.78, 5) is 2.33. The van der Waals surface area contributed by atoms with Crippen molar-refractivity contribution in [3.63, 3.8) is 0 Å². The summed E-state index contributed by atoms with van der Waals surface area (Å²) in [6.45, 7) is 2.38. The molecule has 0 aromatic heterocycles. The van der Waals surface area contributed by atoms with Gasteiger partial charge < -0.3 is 20.5 Å². The second-order valence-electron chi connectivity index (χ2n) is 4.37. The fourth-order valence-electron chi connectivity index (χ4n) is 2.28. The fourth-order valence-corrected chi connectivity index (χ4v) is 2.28. The molecule has 0 saturated carbocycles. The van der Waals surface area contributed by atoms with E-state index in [4.69, 9.17) is 10.5 Å². The lowest BCUT2D eigenvalue weighted by Crippen LogP contribution is -2.19. The highest BCUT2D eigenvalue weighted by molar-refractivity contribution is 5.54.